The Labute approximate surface area is 136 Å². The van der Waals surface area contributed by atoms with Crippen molar-refractivity contribution in [3.8, 4) is 5.75 Å². The maximum absolute atomic E-state index is 5.22. The van der Waals surface area contributed by atoms with Crippen molar-refractivity contribution in [2.75, 3.05) is 38.2 Å². The van der Waals surface area contributed by atoms with Gasteiger partial charge in [-0.1, -0.05) is 12.1 Å². The Balaban J connectivity index is 1.35. The molecular formula is C18H22N4O. The molecule has 2 aromatic rings. The van der Waals surface area contributed by atoms with Gasteiger partial charge in [0.1, 0.15) is 5.75 Å². The second kappa shape index (κ2) is 6.16. The Kier molecular flexibility index (Phi) is 3.87. The van der Waals surface area contributed by atoms with Crippen molar-refractivity contribution in [1.29, 1.82) is 0 Å². The maximum Gasteiger partial charge on any atom is 0.225 e. The number of hydrogen-bond donors (Lipinski definition) is 0. The number of anilines is 1. The number of rotatable bonds is 4. The zero-order valence-electron chi connectivity index (χ0n) is 13.4. The van der Waals surface area contributed by atoms with Gasteiger partial charge in [-0.25, -0.2) is 9.97 Å². The number of ether oxygens (including phenoxy) is 1. The van der Waals surface area contributed by atoms with E-state index in [1.165, 1.54) is 18.7 Å². The number of likely N-dealkylation sites (tertiary alicyclic amines) is 1. The predicted molar refractivity (Wildman–Crippen MR) is 89.5 cm³/mol. The zero-order chi connectivity index (χ0) is 15.6. The van der Waals surface area contributed by atoms with Crippen molar-refractivity contribution in [1.82, 2.24) is 14.9 Å². The number of fused-ring (bicyclic) bond motifs is 1. The quantitative estimate of drug-likeness (QED) is 0.864. The Morgan fingerprint density at radius 3 is 2.26 bits per heavy atom. The van der Waals surface area contributed by atoms with Crippen molar-refractivity contribution in [3.63, 3.8) is 0 Å². The third-order valence-electron chi connectivity index (χ3n) is 4.96. The van der Waals surface area contributed by atoms with Crippen LogP contribution in [0.15, 0.2) is 42.7 Å². The summed E-state index contributed by atoms with van der Waals surface area (Å²) in [7, 11) is 1.71. The molecule has 4 rings (SSSR count). The summed E-state index contributed by atoms with van der Waals surface area (Å²) in [5.74, 6) is 3.27. The number of aromatic nitrogens is 2. The normalized spacial score (nSPS) is 24.0. The highest BCUT2D eigenvalue weighted by atomic mass is 16.5. The molecule has 2 fully saturated rings. The average molecular weight is 310 g/mol. The molecule has 0 N–H and O–H groups in total. The van der Waals surface area contributed by atoms with Crippen LogP contribution >= 0.6 is 0 Å². The first kappa shape index (κ1) is 14.5. The van der Waals surface area contributed by atoms with Crippen LogP contribution in [0.2, 0.25) is 0 Å². The Morgan fingerprint density at radius 1 is 1.00 bits per heavy atom. The summed E-state index contributed by atoms with van der Waals surface area (Å²) in [6, 6.07) is 10.3. The summed E-state index contributed by atoms with van der Waals surface area (Å²) >= 11 is 0. The molecule has 2 unspecified atom stereocenters. The third kappa shape index (κ3) is 3.01. The van der Waals surface area contributed by atoms with Crippen LogP contribution in [0.5, 0.6) is 5.75 Å². The van der Waals surface area contributed by atoms with Gasteiger partial charge in [0.15, 0.2) is 0 Å². The summed E-state index contributed by atoms with van der Waals surface area (Å²) in [6.07, 6.45) is 3.65. The minimum atomic E-state index is 0.733. The highest BCUT2D eigenvalue weighted by molar-refractivity contribution is 5.32. The minimum Gasteiger partial charge on any atom is -0.497 e. The molecule has 0 bridgehead atoms. The monoisotopic (exact) mass is 310 g/mol. The highest BCUT2D eigenvalue weighted by Crippen LogP contribution is 2.33. The Bertz CT molecular complexity index is 632. The van der Waals surface area contributed by atoms with Gasteiger partial charge in [-0.05, 0) is 35.6 Å². The molecule has 120 valence electrons. The van der Waals surface area contributed by atoms with E-state index in [1.54, 1.807) is 7.11 Å². The fourth-order valence-corrected chi connectivity index (χ4v) is 3.83. The zero-order valence-corrected chi connectivity index (χ0v) is 13.4. The lowest BCUT2D eigenvalue weighted by Gasteiger charge is -2.21. The van der Waals surface area contributed by atoms with Crippen molar-refractivity contribution in [3.05, 3.63) is 48.3 Å². The van der Waals surface area contributed by atoms with E-state index in [0.29, 0.717) is 0 Å². The summed E-state index contributed by atoms with van der Waals surface area (Å²) in [5.41, 5.74) is 1.36. The second-order valence-electron chi connectivity index (χ2n) is 6.52. The van der Waals surface area contributed by atoms with Gasteiger partial charge in [0.2, 0.25) is 5.95 Å². The SMILES string of the molecule is COc1ccc(CN2CC3CN(c4ncccn4)CC3C2)cc1. The molecular weight excluding hydrogens is 288 g/mol. The fraction of sp³-hybridized carbons (Fsp3) is 0.444. The maximum atomic E-state index is 5.22. The van der Waals surface area contributed by atoms with Gasteiger partial charge in [0.25, 0.3) is 0 Å². The molecule has 2 aliphatic rings. The molecule has 0 saturated carbocycles. The van der Waals surface area contributed by atoms with Gasteiger partial charge >= 0.3 is 0 Å². The number of benzene rings is 1. The second-order valence-corrected chi connectivity index (χ2v) is 6.52. The first-order valence-electron chi connectivity index (χ1n) is 8.19. The van der Waals surface area contributed by atoms with E-state index in [-0.39, 0.29) is 0 Å². The minimum absolute atomic E-state index is 0.733. The highest BCUT2D eigenvalue weighted by Gasteiger charge is 2.40. The lowest BCUT2D eigenvalue weighted by atomic mass is 10.0. The standard InChI is InChI=1S/C18H22N4O/c1-23-17-5-3-14(4-6-17)9-21-10-15-12-22(13-16(15)11-21)18-19-7-2-8-20-18/h2-8,15-16H,9-13H2,1H3. The molecule has 2 aliphatic heterocycles. The Morgan fingerprint density at radius 2 is 1.65 bits per heavy atom. The topological polar surface area (TPSA) is 41.5 Å². The van der Waals surface area contributed by atoms with Crippen LogP contribution in [0, 0.1) is 11.8 Å². The molecule has 0 aliphatic carbocycles. The van der Waals surface area contributed by atoms with Gasteiger partial charge in [-0.2, -0.15) is 0 Å². The van der Waals surface area contributed by atoms with Gasteiger partial charge in [0, 0.05) is 45.1 Å². The molecule has 1 aromatic carbocycles. The number of hydrogen-bond acceptors (Lipinski definition) is 5. The molecule has 23 heavy (non-hydrogen) atoms. The predicted octanol–water partition coefficient (Wildman–Crippen LogP) is 2.05. The first-order chi connectivity index (χ1) is 11.3. The summed E-state index contributed by atoms with van der Waals surface area (Å²) < 4.78 is 5.22. The summed E-state index contributed by atoms with van der Waals surface area (Å²) in [6.45, 7) is 5.51. The van der Waals surface area contributed by atoms with E-state index in [9.17, 15) is 0 Å². The van der Waals surface area contributed by atoms with Crippen molar-refractivity contribution in [2.45, 2.75) is 6.54 Å². The smallest absolute Gasteiger partial charge is 0.225 e. The number of methoxy groups -OCH3 is 1. The van der Waals surface area contributed by atoms with Crippen LogP contribution in [-0.4, -0.2) is 48.2 Å². The molecule has 1 aromatic heterocycles. The molecule has 2 saturated heterocycles. The van der Waals surface area contributed by atoms with Crippen LogP contribution in [0.3, 0.4) is 0 Å². The first-order valence-corrected chi connectivity index (χ1v) is 8.19. The summed E-state index contributed by atoms with van der Waals surface area (Å²) in [4.78, 5) is 13.7. The van der Waals surface area contributed by atoms with E-state index in [1.807, 2.05) is 30.6 Å². The summed E-state index contributed by atoms with van der Waals surface area (Å²) in [5, 5.41) is 0. The van der Waals surface area contributed by atoms with Gasteiger partial charge < -0.3 is 9.64 Å². The van der Waals surface area contributed by atoms with Crippen LogP contribution in [0.1, 0.15) is 5.56 Å². The molecule has 0 amide bonds. The van der Waals surface area contributed by atoms with Crippen LogP contribution in [-0.2, 0) is 6.54 Å². The van der Waals surface area contributed by atoms with E-state index < -0.39 is 0 Å². The van der Waals surface area contributed by atoms with Crippen molar-refractivity contribution < 1.29 is 4.74 Å². The van der Waals surface area contributed by atoms with Gasteiger partial charge in [-0.15, -0.1) is 0 Å². The van der Waals surface area contributed by atoms with Crippen LogP contribution < -0.4 is 9.64 Å². The van der Waals surface area contributed by atoms with Crippen molar-refractivity contribution in [2.24, 2.45) is 11.8 Å². The fourth-order valence-electron chi connectivity index (χ4n) is 3.83. The van der Waals surface area contributed by atoms with Crippen LogP contribution in [0.25, 0.3) is 0 Å². The molecule has 5 nitrogen and oxygen atoms in total. The molecule has 2 atom stereocenters. The van der Waals surface area contributed by atoms with E-state index >= 15 is 0 Å². The third-order valence-corrected chi connectivity index (χ3v) is 4.96. The van der Waals surface area contributed by atoms with E-state index in [4.69, 9.17) is 4.74 Å². The lowest BCUT2D eigenvalue weighted by Crippen LogP contribution is -2.29. The average Bonchev–Trinajstić information content (AvgIpc) is 3.15. The molecule has 3 heterocycles. The van der Waals surface area contributed by atoms with Crippen molar-refractivity contribution >= 4 is 5.95 Å². The van der Waals surface area contributed by atoms with Gasteiger partial charge in [0.05, 0.1) is 7.11 Å². The lowest BCUT2D eigenvalue weighted by molar-refractivity contribution is 0.308. The molecule has 0 radical (unpaired) electrons. The van der Waals surface area contributed by atoms with E-state index in [2.05, 4.69) is 31.9 Å². The van der Waals surface area contributed by atoms with E-state index in [0.717, 1.165) is 43.2 Å². The largest absolute Gasteiger partial charge is 0.497 e. The number of nitrogens with zero attached hydrogens (tertiary/aromatic N) is 4. The van der Waals surface area contributed by atoms with Crippen LogP contribution in [0.4, 0.5) is 5.95 Å². The molecule has 5 heteroatoms. The molecule has 0 spiro atoms. The Hall–Kier alpha value is -2.14. The van der Waals surface area contributed by atoms with Gasteiger partial charge in [-0.3, -0.25) is 4.90 Å².